The molecule has 3 rings (SSSR count). The van der Waals surface area contributed by atoms with Crippen LogP contribution in [0, 0.1) is 5.82 Å². The number of thiophene rings is 1. The topological polar surface area (TPSA) is 90.0 Å². The van der Waals surface area contributed by atoms with Crippen LogP contribution in [0.15, 0.2) is 52.6 Å². The molecule has 0 aliphatic carbocycles. The number of carbonyl (C=O) groups excluding carboxylic acids is 1. The smallest absolute Gasteiger partial charge is 0.290 e. The van der Waals surface area contributed by atoms with Crippen molar-refractivity contribution in [3.05, 3.63) is 64.0 Å². The Morgan fingerprint density at radius 3 is 2.71 bits per heavy atom. The fraction of sp³-hybridized carbons (Fsp3) is 0.0625. The summed E-state index contributed by atoms with van der Waals surface area (Å²) in [5.74, 6) is -0.860. The Balaban J connectivity index is 1.82. The van der Waals surface area contributed by atoms with E-state index in [1.54, 1.807) is 0 Å². The van der Waals surface area contributed by atoms with Gasteiger partial charge in [0.25, 0.3) is 5.56 Å². The lowest BCUT2D eigenvalue weighted by Gasteiger charge is -2.09. The normalized spacial score (nSPS) is 10.5. The summed E-state index contributed by atoms with van der Waals surface area (Å²) >= 11 is 1.45. The SMILES string of the molecule is Nc1cc(-c2cccs2)nn(CC(=O)Nc2ccc(F)cc2)c1=O. The van der Waals surface area contributed by atoms with Gasteiger partial charge in [0.1, 0.15) is 23.7 Å². The quantitative estimate of drug-likeness (QED) is 0.760. The molecule has 0 spiro atoms. The molecule has 0 fully saturated rings. The van der Waals surface area contributed by atoms with Crippen LogP contribution in [-0.2, 0) is 11.3 Å². The third-order valence-electron chi connectivity index (χ3n) is 3.20. The highest BCUT2D eigenvalue weighted by atomic mass is 32.1. The zero-order valence-corrected chi connectivity index (χ0v) is 13.2. The first-order valence-corrected chi connectivity index (χ1v) is 7.88. The molecular formula is C16H13FN4O2S. The first-order chi connectivity index (χ1) is 11.5. The lowest BCUT2D eigenvalue weighted by atomic mass is 10.3. The van der Waals surface area contributed by atoms with E-state index in [9.17, 15) is 14.0 Å². The number of hydrogen-bond acceptors (Lipinski definition) is 5. The molecule has 2 aromatic heterocycles. The molecule has 1 aromatic carbocycles. The van der Waals surface area contributed by atoms with Gasteiger partial charge in [-0.3, -0.25) is 9.59 Å². The van der Waals surface area contributed by atoms with Crippen molar-refractivity contribution in [3.8, 4) is 10.6 Å². The Hall–Kier alpha value is -3.00. The van der Waals surface area contributed by atoms with Gasteiger partial charge in [-0.15, -0.1) is 11.3 Å². The minimum absolute atomic E-state index is 0.0167. The summed E-state index contributed by atoms with van der Waals surface area (Å²) in [4.78, 5) is 25.0. The third-order valence-corrected chi connectivity index (χ3v) is 4.09. The molecule has 0 atom stereocenters. The molecule has 2 heterocycles. The first kappa shape index (κ1) is 15.9. The lowest BCUT2D eigenvalue weighted by molar-refractivity contribution is -0.117. The second-order valence-corrected chi connectivity index (χ2v) is 5.93. The minimum Gasteiger partial charge on any atom is -0.394 e. The third kappa shape index (κ3) is 3.49. The van der Waals surface area contributed by atoms with E-state index < -0.39 is 17.3 Å². The van der Waals surface area contributed by atoms with Gasteiger partial charge in [0.05, 0.1) is 4.88 Å². The molecule has 1 amide bonds. The van der Waals surface area contributed by atoms with Crippen LogP contribution in [0.5, 0.6) is 0 Å². The van der Waals surface area contributed by atoms with E-state index in [0.717, 1.165) is 9.56 Å². The zero-order valence-electron chi connectivity index (χ0n) is 12.4. The number of anilines is 2. The molecule has 0 bridgehead atoms. The van der Waals surface area contributed by atoms with Gasteiger partial charge in [-0.05, 0) is 41.8 Å². The molecule has 8 heteroatoms. The summed E-state index contributed by atoms with van der Waals surface area (Å²) in [5.41, 5.74) is 6.16. The molecule has 122 valence electrons. The number of halogens is 1. The molecule has 0 aliphatic heterocycles. The Labute approximate surface area is 140 Å². The van der Waals surface area contributed by atoms with E-state index in [-0.39, 0.29) is 12.2 Å². The van der Waals surface area contributed by atoms with Crippen molar-refractivity contribution in [2.24, 2.45) is 0 Å². The second-order valence-electron chi connectivity index (χ2n) is 4.98. The zero-order chi connectivity index (χ0) is 17.1. The Morgan fingerprint density at radius 1 is 1.29 bits per heavy atom. The number of nitrogen functional groups attached to an aromatic ring is 1. The summed E-state index contributed by atoms with van der Waals surface area (Å²) in [6, 6.07) is 10.5. The number of amides is 1. The highest BCUT2D eigenvalue weighted by molar-refractivity contribution is 7.13. The van der Waals surface area contributed by atoms with Gasteiger partial charge >= 0.3 is 0 Å². The van der Waals surface area contributed by atoms with E-state index in [1.165, 1.54) is 41.7 Å². The van der Waals surface area contributed by atoms with Gasteiger partial charge in [0.2, 0.25) is 5.91 Å². The summed E-state index contributed by atoms with van der Waals surface area (Å²) in [5, 5.41) is 8.64. The first-order valence-electron chi connectivity index (χ1n) is 7.00. The molecular weight excluding hydrogens is 331 g/mol. The van der Waals surface area contributed by atoms with Crippen LogP contribution in [0.25, 0.3) is 10.6 Å². The molecule has 3 N–H and O–H groups in total. The number of nitrogens with one attached hydrogen (secondary N) is 1. The predicted octanol–water partition coefficient (Wildman–Crippen LogP) is 2.33. The molecule has 0 aliphatic rings. The molecule has 0 saturated carbocycles. The maximum atomic E-state index is 12.9. The van der Waals surface area contributed by atoms with Crippen LogP contribution in [0.4, 0.5) is 15.8 Å². The number of carbonyl (C=O) groups is 1. The summed E-state index contributed by atoms with van der Waals surface area (Å²) in [6.45, 7) is -0.292. The van der Waals surface area contributed by atoms with Gasteiger partial charge in [0, 0.05) is 5.69 Å². The van der Waals surface area contributed by atoms with E-state index >= 15 is 0 Å². The largest absolute Gasteiger partial charge is 0.394 e. The van der Waals surface area contributed by atoms with Crippen molar-refractivity contribution in [1.82, 2.24) is 9.78 Å². The maximum Gasteiger partial charge on any atom is 0.290 e. The summed E-state index contributed by atoms with van der Waals surface area (Å²) in [7, 11) is 0. The predicted molar refractivity (Wildman–Crippen MR) is 91.3 cm³/mol. The standard InChI is InChI=1S/C16H13FN4O2S/c17-10-3-5-11(6-4-10)19-15(22)9-21-16(23)12(18)8-13(20-21)14-2-1-7-24-14/h1-8H,9,18H2,(H,19,22). The van der Waals surface area contributed by atoms with Crippen molar-refractivity contribution in [3.63, 3.8) is 0 Å². The average molecular weight is 344 g/mol. The van der Waals surface area contributed by atoms with E-state index in [2.05, 4.69) is 10.4 Å². The fourth-order valence-corrected chi connectivity index (χ4v) is 2.77. The molecule has 0 radical (unpaired) electrons. The second kappa shape index (κ2) is 6.63. The molecule has 0 saturated heterocycles. The maximum absolute atomic E-state index is 12.9. The fourth-order valence-electron chi connectivity index (χ4n) is 2.08. The summed E-state index contributed by atoms with van der Waals surface area (Å²) < 4.78 is 13.9. The van der Waals surface area contributed by atoms with Gasteiger partial charge in [-0.1, -0.05) is 6.07 Å². The summed E-state index contributed by atoms with van der Waals surface area (Å²) in [6.07, 6.45) is 0. The molecule has 24 heavy (non-hydrogen) atoms. The Bertz CT molecular complexity index is 920. The van der Waals surface area contributed by atoms with Crippen molar-refractivity contribution in [2.75, 3.05) is 11.1 Å². The number of nitrogens with two attached hydrogens (primary N) is 1. The van der Waals surface area contributed by atoms with Crippen molar-refractivity contribution in [1.29, 1.82) is 0 Å². The van der Waals surface area contributed by atoms with Gasteiger partial charge in [0.15, 0.2) is 0 Å². The molecule has 0 unspecified atom stereocenters. The van der Waals surface area contributed by atoms with Gasteiger partial charge in [-0.25, -0.2) is 9.07 Å². The van der Waals surface area contributed by atoms with Crippen LogP contribution >= 0.6 is 11.3 Å². The Morgan fingerprint density at radius 2 is 2.04 bits per heavy atom. The highest BCUT2D eigenvalue weighted by Gasteiger charge is 2.12. The lowest BCUT2D eigenvalue weighted by Crippen LogP contribution is -2.31. The van der Waals surface area contributed by atoms with E-state index in [4.69, 9.17) is 5.73 Å². The molecule has 6 nitrogen and oxygen atoms in total. The van der Waals surface area contributed by atoms with E-state index in [1.807, 2.05) is 17.5 Å². The number of aromatic nitrogens is 2. The van der Waals surface area contributed by atoms with Crippen molar-refractivity contribution < 1.29 is 9.18 Å². The monoisotopic (exact) mass is 344 g/mol. The minimum atomic E-state index is -0.537. The van der Waals surface area contributed by atoms with Crippen LogP contribution in [-0.4, -0.2) is 15.7 Å². The van der Waals surface area contributed by atoms with Gasteiger partial charge in [-0.2, -0.15) is 5.10 Å². The van der Waals surface area contributed by atoms with Crippen LogP contribution in [0.1, 0.15) is 0 Å². The van der Waals surface area contributed by atoms with Crippen molar-refractivity contribution in [2.45, 2.75) is 6.54 Å². The van der Waals surface area contributed by atoms with Crippen LogP contribution < -0.4 is 16.6 Å². The van der Waals surface area contributed by atoms with Crippen LogP contribution in [0.2, 0.25) is 0 Å². The number of hydrogen-bond donors (Lipinski definition) is 2. The number of nitrogens with zero attached hydrogens (tertiary/aromatic N) is 2. The highest BCUT2D eigenvalue weighted by Crippen LogP contribution is 2.22. The number of benzene rings is 1. The average Bonchev–Trinajstić information content (AvgIpc) is 3.08. The number of rotatable bonds is 4. The van der Waals surface area contributed by atoms with Crippen LogP contribution in [0.3, 0.4) is 0 Å². The van der Waals surface area contributed by atoms with Crippen molar-refractivity contribution >= 4 is 28.6 Å². The van der Waals surface area contributed by atoms with E-state index in [0.29, 0.717) is 11.4 Å². The van der Waals surface area contributed by atoms with Gasteiger partial charge < -0.3 is 11.1 Å². The molecule has 3 aromatic rings. The Kier molecular flexibility index (Phi) is 4.39.